The quantitative estimate of drug-likeness (QED) is 0.891. The molecule has 1 aromatic rings. The average Bonchev–Trinajstić information content (AvgIpc) is 2.19. The molecule has 96 valence electrons. The average molecular weight is 311 g/mol. The van der Waals surface area contributed by atoms with Gasteiger partial charge in [0.1, 0.15) is 5.82 Å². The van der Waals surface area contributed by atoms with Crippen LogP contribution in [0.3, 0.4) is 0 Å². The molecule has 0 bridgehead atoms. The Morgan fingerprint density at radius 3 is 2.41 bits per heavy atom. The summed E-state index contributed by atoms with van der Waals surface area (Å²) in [7, 11) is 0. The molecule has 0 atom stereocenters. The van der Waals surface area contributed by atoms with Gasteiger partial charge in [-0.15, -0.1) is 0 Å². The molecule has 0 aromatic carbocycles. The van der Waals surface area contributed by atoms with E-state index in [1.807, 2.05) is 20.8 Å². The van der Waals surface area contributed by atoms with Crippen molar-refractivity contribution in [1.29, 1.82) is 0 Å². The van der Waals surface area contributed by atoms with Crippen LogP contribution in [0, 0.1) is 0 Å². The zero-order chi connectivity index (χ0) is 13.3. The summed E-state index contributed by atoms with van der Waals surface area (Å²) in [5, 5.41) is 2.98. The van der Waals surface area contributed by atoms with E-state index in [0.29, 0.717) is 0 Å². The minimum Gasteiger partial charge on any atom is -0.365 e. The van der Waals surface area contributed by atoms with Gasteiger partial charge in [-0.2, -0.15) is 13.2 Å². The van der Waals surface area contributed by atoms with E-state index in [-0.39, 0.29) is 15.8 Å². The third kappa shape index (κ3) is 3.87. The fourth-order valence-corrected chi connectivity index (χ4v) is 1.60. The van der Waals surface area contributed by atoms with E-state index in [0.717, 1.165) is 18.7 Å². The number of anilines is 1. The number of hydrogen-bond donors (Lipinski definition) is 1. The molecule has 1 heterocycles. The van der Waals surface area contributed by atoms with Gasteiger partial charge >= 0.3 is 6.18 Å². The van der Waals surface area contributed by atoms with Gasteiger partial charge in [0.05, 0.1) is 5.56 Å². The van der Waals surface area contributed by atoms with Crippen LogP contribution in [0.4, 0.5) is 19.0 Å². The molecule has 17 heavy (non-hydrogen) atoms. The van der Waals surface area contributed by atoms with Gasteiger partial charge in [-0.05, 0) is 42.3 Å². The SMILES string of the molecule is CCC(C)(C)Nc1cc(C(F)(F)F)c(Br)cn1. The lowest BCUT2D eigenvalue weighted by atomic mass is 10.0. The van der Waals surface area contributed by atoms with Gasteiger partial charge in [-0.3, -0.25) is 0 Å². The first kappa shape index (κ1) is 14.3. The molecule has 6 heteroatoms. The third-order valence-electron chi connectivity index (χ3n) is 2.51. The smallest absolute Gasteiger partial charge is 0.365 e. The highest BCUT2D eigenvalue weighted by molar-refractivity contribution is 9.10. The molecule has 0 aliphatic carbocycles. The van der Waals surface area contributed by atoms with E-state index in [2.05, 4.69) is 26.2 Å². The van der Waals surface area contributed by atoms with Gasteiger partial charge in [0, 0.05) is 16.2 Å². The van der Waals surface area contributed by atoms with Crippen LogP contribution in [0.2, 0.25) is 0 Å². The summed E-state index contributed by atoms with van der Waals surface area (Å²) in [5.74, 6) is 0.229. The largest absolute Gasteiger partial charge is 0.417 e. The normalized spacial score (nSPS) is 12.6. The summed E-state index contributed by atoms with van der Waals surface area (Å²) >= 11 is 2.85. The van der Waals surface area contributed by atoms with Crippen molar-refractivity contribution in [3.8, 4) is 0 Å². The Morgan fingerprint density at radius 2 is 1.94 bits per heavy atom. The van der Waals surface area contributed by atoms with Gasteiger partial charge in [0.25, 0.3) is 0 Å². The molecular formula is C11H14BrF3N2. The van der Waals surface area contributed by atoms with Crippen molar-refractivity contribution in [3.05, 3.63) is 22.3 Å². The third-order valence-corrected chi connectivity index (χ3v) is 3.14. The maximum atomic E-state index is 12.7. The Balaban J connectivity index is 3.06. The number of aromatic nitrogens is 1. The molecule has 0 spiro atoms. The second kappa shape index (κ2) is 4.84. The Labute approximate surface area is 107 Å². The zero-order valence-electron chi connectivity index (χ0n) is 9.82. The van der Waals surface area contributed by atoms with Crippen LogP contribution >= 0.6 is 15.9 Å². The van der Waals surface area contributed by atoms with E-state index in [9.17, 15) is 13.2 Å². The van der Waals surface area contributed by atoms with Crippen LogP contribution in [-0.4, -0.2) is 10.5 Å². The first-order chi connectivity index (χ1) is 7.65. The summed E-state index contributed by atoms with van der Waals surface area (Å²) in [5.41, 5.74) is -1.01. The molecule has 0 aliphatic heterocycles. The maximum absolute atomic E-state index is 12.7. The lowest BCUT2D eigenvalue weighted by Gasteiger charge is -2.25. The zero-order valence-corrected chi connectivity index (χ0v) is 11.4. The predicted octanol–water partition coefficient (Wildman–Crippen LogP) is 4.46. The van der Waals surface area contributed by atoms with Crippen LogP contribution in [0.25, 0.3) is 0 Å². The molecule has 1 aromatic heterocycles. The monoisotopic (exact) mass is 310 g/mol. The van der Waals surface area contributed by atoms with Gasteiger partial charge in [-0.1, -0.05) is 6.92 Å². The molecule has 0 radical (unpaired) electrons. The molecule has 0 aliphatic rings. The van der Waals surface area contributed by atoms with Gasteiger partial charge in [0.2, 0.25) is 0 Å². The summed E-state index contributed by atoms with van der Waals surface area (Å²) < 4.78 is 37.9. The number of halogens is 4. The predicted molar refractivity (Wildman–Crippen MR) is 64.9 cm³/mol. The number of pyridine rings is 1. The van der Waals surface area contributed by atoms with Crippen LogP contribution in [-0.2, 0) is 6.18 Å². The van der Waals surface area contributed by atoms with Crippen molar-refractivity contribution in [1.82, 2.24) is 4.98 Å². The molecule has 1 rings (SSSR count). The molecule has 0 fully saturated rings. The van der Waals surface area contributed by atoms with Crippen molar-refractivity contribution in [2.75, 3.05) is 5.32 Å². The molecule has 0 amide bonds. The Kier molecular flexibility index (Phi) is 4.06. The lowest BCUT2D eigenvalue weighted by molar-refractivity contribution is -0.138. The minimum atomic E-state index is -4.38. The van der Waals surface area contributed by atoms with Crippen molar-refractivity contribution in [3.63, 3.8) is 0 Å². The minimum absolute atomic E-state index is 0.0511. The van der Waals surface area contributed by atoms with Crippen molar-refractivity contribution in [2.45, 2.75) is 38.9 Å². The summed E-state index contributed by atoms with van der Waals surface area (Å²) in [6.45, 7) is 5.77. The molecular weight excluding hydrogens is 297 g/mol. The highest BCUT2D eigenvalue weighted by Crippen LogP contribution is 2.35. The Morgan fingerprint density at radius 1 is 1.35 bits per heavy atom. The molecule has 0 saturated carbocycles. The molecule has 2 nitrogen and oxygen atoms in total. The second-order valence-corrected chi connectivity index (χ2v) is 5.26. The van der Waals surface area contributed by atoms with Gasteiger partial charge in [-0.25, -0.2) is 4.98 Å². The van der Waals surface area contributed by atoms with E-state index >= 15 is 0 Å². The fourth-order valence-electron chi connectivity index (χ4n) is 1.16. The van der Waals surface area contributed by atoms with Crippen molar-refractivity contribution < 1.29 is 13.2 Å². The Bertz CT molecular complexity index is 402. The fraction of sp³-hybridized carbons (Fsp3) is 0.545. The highest BCUT2D eigenvalue weighted by atomic mass is 79.9. The first-order valence-electron chi connectivity index (χ1n) is 5.16. The number of nitrogens with zero attached hydrogens (tertiary/aromatic N) is 1. The van der Waals surface area contributed by atoms with Crippen LogP contribution in [0.1, 0.15) is 32.8 Å². The van der Waals surface area contributed by atoms with Crippen molar-refractivity contribution >= 4 is 21.7 Å². The number of hydrogen-bond acceptors (Lipinski definition) is 2. The standard InChI is InChI=1S/C11H14BrF3N2/c1-4-10(2,3)17-9-5-7(11(13,14)15)8(12)6-16-9/h5-6H,4H2,1-3H3,(H,16,17). The van der Waals surface area contributed by atoms with E-state index in [1.165, 1.54) is 0 Å². The number of nitrogens with one attached hydrogen (secondary N) is 1. The van der Waals surface area contributed by atoms with Crippen LogP contribution in [0.5, 0.6) is 0 Å². The number of alkyl halides is 3. The second-order valence-electron chi connectivity index (χ2n) is 4.41. The molecule has 1 N–H and O–H groups in total. The molecule has 0 unspecified atom stereocenters. The summed E-state index contributed by atoms with van der Waals surface area (Å²) in [6, 6.07) is 1.02. The summed E-state index contributed by atoms with van der Waals surface area (Å²) in [6.07, 6.45) is -2.43. The van der Waals surface area contributed by atoms with E-state index in [1.54, 1.807) is 0 Å². The number of rotatable bonds is 3. The van der Waals surface area contributed by atoms with Gasteiger partial charge in [0.15, 0.2) is 0 Å². The lowest BCUT2D eigenvalue weighted by Crippen LogP contribution is -2.30. The van der Waals surface area contributed by atoms with Crippen molar-refractivity contribution in [2.24, 2.45) is 0 Å². The van der Waals surface area contributed by atoms with Gasteiger partial charge < -0.3 is 5.32 Å². The van der Waals surface area contributed by atoms with E-state index in [4.69, 9.17) is 0 Å². The molecule has 0 saturated heterocycles. The highest BCUT2D eigenvalue weighted by Gasteiger charge is 2.33. The Hall–Kier alpha value is -0.780. The topological polar surface area (TPSA) is 24.9 Å². The van der Waals surface area contributed by atoms with Crippen LogP contribution < -0.4 is 5.32 Å². The maximum Gasteiger partial charge on any atom is 0.417 e. The summed E-state index contributed by atoms with van der Waals surface area (Å²) in [4.78, 5) is 3.93. The van der Waals surface area contributed by atoms with E-state index < -0.39 is 11.7 Å². The van der Waals surface area contributed by atoms with Crippen LogP contribution in [0.15, 0.2) is 16.7 Å². The first-order valence-corrected chi connectivity index (χ1v) is 5.96.